The van der Waals surface area contributed by atoms with E-state index >= 15 is 0 Å². The van der Waals surface area contributed by atoms with Crippen molar-refractivity contribution in [3.8, 4) is 0 Å². The molecule has 1 heteroatoms. The highest BCUT2D eigenvalue weighted by atomic mass is 15.0. The van der Waals surface area contributed by atoms with Gasteiger partial charge in [-0.15, -0.1) is 0 Å². The van der Waals surface area contributed by atoms with Gasteiger partial charge in [-0.3, -0.25) is 0 Å². The summed E-state index contributed by atoms with van der Waals surface area (Å²) in [6, 6.07) is 0. The summed E-state index contributed by atoms with van der Waals surface area (Å²) in [6.07, 6.45) is 14.0. The first kappa shape index (κ1) is 12.5. The third kappa shape index (κ3) is 11.5. The highest BCUT2D eigenvalue weighted by Crippen LogP contribution is 2.06. The molecule has 0 heterocycles. The Hall–Kier alpha value is -0.460. The lowest BCUT2D eigenvalue weighted by Crippen LogP contribution is -1.99. The molecule has 0 aromatic heterocycles. The first-order valence-electron chi connectivity index (χ1n) is 5.60. The van der Waals surface area contributed by atoms with E-state index in [0.29, 0.717) is 0 Å². The predicted octanol–water partition coefficient (Wildman–Crippen LogP) is 3.81. The van der Waals surface area contributed by atoms with E-state index in [2.05, 4.69) is 38.2 Å². The van der Waals surface area contributed by atoms with Crippen LogP contribution in [0.4, 0.5) is 0 Å². The molecular formula is C12H25N. The zero-order chi connectivity index (χ0) is 9.94. The minimum absolute atomic E-state index is 1.24. The number of unbranched alkanes of at least 4 members (excludes halogenated alkanes) is 6. The molecule has 0 fully saturated rings. The molecule has 1 nitrogen and oxygen atoms in total. The summed E-state index contributed by atoms with van der Waals surface area (Å²) in [5.74, 6) is 0. The Bertz CT molecular complexity index is 116. The summed E-state index contributed by atoms with van der Waals surface area (Å²) in [5, 5.41) is 0. The number of nitrogens with zero attached hydrogens (tertiary/aromatic N) is 1. The van der Waals surface area contributed by atoms with Gasteiger partial charge in [0, 0.05) is 14.1 Å². The molecule has 0 radical (unpaired) electrons. The van der Waals surface area contributed by atoms with Crippen LogP contribution in [0, 0.1) is 0 Å². The Kier molecular flexibility index (Phi) is 9.29. The predicted molar refractivity (Wildman–Crippen MR) is 60.8 cm³/mol. The lowest BCUT2D eigenvalue weighted by atomic mass is 10.1. The van der Waals surface area contributed by atoms with Gasteiger partial charge in [0.1, 0.15) is 0 Å². The van der Waals surface area contributed by atoms with E-state index < -0.39 is 0 Å². The fraction of sp³-hybridized carbons (Fsp3) is 0.833. The molecule has 0 aromatic rings. The third-order valence-electron chi connectivity index (χ3n) is 2.13. The van der Waals surface area contributed by atoms with Crippen LogP contribution in [0.25, 0.3) is 0 Å². The largest absolute Gasteiger partial charge is 0.384 e. The Morgan fingerprint density at radius 3 is 2.15 bits per heavy atom. The normalized spacial score (nSPS) is 11.0. The third-order valence-corrected chi connectivity index (χ3v) is 2.13. The first-order valence-corrected chi connectivity index (χ1v) is 5.60. The highest BCUT2D eigenvalue weighted by Gasteiger charge is 1.87. The molecule has 0 saturated carbocycles. The second kappa shape index (κ2) is 9.63. The van der Waals surface area contributed by atoms with E-state index in [4.69, 9.17) is 0 Å². The van der Waals surface area contributed by atoms with Crippen molar-refractivity contribution in [3.63, 3.8) is 0 Å². The summed E-state index contributed by atoms with van der Waals surface area (Å²) in [5.41, 5.74) is 0. The summed E-state index contributed by atoms with van der Waals surface area (Å²) in [6.45, 7) is 2.26. The average molecular weight is 183 g/mol. The topological polar surface area (TPSA) is 3.24 Å². The minimum atomic E-state index is 1.24. The van der Waals surface area contributed by atoms with Crippen LogP contribution in [0.1, 0.15) is 51.9 Å². The van der Waals surface area contributed by atoms with Crippen LogP contribution in [-0.2, 0) is 0 Å². The molecule has 0 unspecified atom stereocenters. The molecule has 0 N–H and O–H groups in total. The van der Waals surface area contributed by atoms with Gasteiger partial charge in [-0.25, -0.2) is 0 Å². The lowest BCUT2D eigenvalue weighted by molar-refractivity contribution is 0.557. The van der Waals surface area contributed by atoms with E-state index in [-0.39, 0.29) is 0 Å². The van der Waals surface area contributed by atoms with Crippen LogP contribution < -0.4 is 0 Å². The number of hydrogen-bond donors (Lipinski definition) is 0. The molecule has 0 amide bonds. The lowest BCUT2D eigenvalue weighted by Gasteiger charge is -2.02. The van der Waals surface area contributed by atoms with Gasteiger partial charge in [0.2, 0.25) is 0 Å². The number of hydrogen-bond acceptors (Lipinski definition) is 1. The molecule has 0 aliphatic rings. The maximum absolute atomic E-state index is 2.26. The molecule has 0 saturated heterocycles. The smallest absolute Gasteiger partial charge is 0.00555 e. The Morgan fingerprint density at radius 1 is 0.923 bits per heavy atom. The molecule has 13 heavy (non-hydrogen) atoms. The van der Waals surface area contributed by atoms with Crippen LogP contribution in [-0.4, -0.2) is 19.0 Å². The van der Waals surface area contributed by atoms with Crippen molar-refractivity contribution in [3.05, 3.63) is 12.3 Å². The number of allylic oxidation sites excluding steroid dienone is 1. The van der Waals surface area contributed by atoms with Gasteiger partial charge in [0.25, 0.3) is 0 Å². The van der Waals surface area contributed by atoms with Crippen LogP contribution in [0.15, 0.2) is 12.3 Å². The van der Waals surface area contributed by atoms with Gasteiger partial charge >= 0.3 is 0 Å². The van der Waals surface area contributed by atoms with Crippen LogP contribution in [0.2, 0.25) is 0 Å². The second-order valence-electron chi connectivity index (χ2n) is 3.90. The molecule has 78 valence electrons. The fourth-order valence-electron chi connectivity index (χ4n) is 1.33. The van der Waals surface area contributed by atoms with E-state index in [1.807, 2.05) is 0 Å². The zero-order valence-electron chi connectivity index (χ0n) is 9.55. The molecule has 0 atom stereocenters. The molecular weight excluding hydrogens is 158 g/mol. The summed E-state index contributed by atoms with van der Waals surface area (Å²) in [7, 11) is 4.13. The van der Waals surface area contributed by atoms with Crippen molar-refractivity contribution in [1.82, 2.24) is 4.90 Å². The molecule has 0 aliphatic carbocycles. The van der Waals surface area contributed by atoms with Gasteiger partial charge in [0.05, 0.1) is 0 Å². The van der Waals surface area contributed by atoms with Crippen molar-refractivity contribution in [1.29, 1.82) is 0 Å². The Morgan fingerprint density at radius 2 is 1.54 bits per heavy atom. The van der Waals surface area contributed by atoms with Crippen LogP contribution in [0.3, 0.4) is 0 Å². The number of rotatable bonds is 8. The Labute approximate surface area is 83.8 Å². The van der Waals surface area contributed by atoms with Crippen molar-refractivity contribution in [2.75, 3.05) is 14.1 Å². The average Bonchev–Trinajstić information content (AvgIpc) is 2.09. The molecule has 0 aliphatic heterocycles. The Balaban J connectivity index is 2.99. The van der Waals surface area contributed by atoms with E-state index in [9.17, 15) is 0 Å². The van der Waals surface area contributed by atoms with E-state index in [0.717, 1.165) is 0 Å². The van der Waals surface area contributed by atoms with E-state index in [1.165, 1.54) is 44.9 Å². The minimum Gasteiger partial charge on any atom is -0.384 e. The van der Waals surface area contributed by atoms with Gasteiger partial charge < -0.3 is 4.90 Å². The maximum atomic E-state index is 2.26. The van der Waals surface area contributed by atoms with Gasteiger partial charge in [-0.05, 0) is 19.0 Å². The van der Waals surface area contributed by atoms with E-state index in [1.54, 1.807) is 0 Å². The van der Waals surface area contributed by atoms with Crippen molar-refractivity contribution >= 4 is 0 Å². The molecule has 0 rings (SSSR count). The SMILES string of the molecule is CCCCCCCCC=CN(C)C. The fourth-order valence-corrected chi connectivity index (χ4v) is 1.33. The summed E-state index contributed by atoms with van der Waals surface area (Å²) >= 11 is 0. The molecule has 0 spiro atoms. The first-order chi connectivity index (χ1) is 6.27. The highest BCUT2D eigenvalue weighted by molar-refractivity contribution is 4.78. The van der Waals surface area contributed by atoms with Gasteiger partial charge in [-0.2, -0.15) is 0 Å². The van der Waals surface area contributed by atoms with Crippen molar-refractivity contribution < 1.29 is 0 Å². The van der Waals surface area contributed by atoms with Crippen LogP contribution >= 0.6 is 0 Å². The van der Waals surface area contributed by atoms with Crippen LogP contribution in [0.5, 0.6) is 0 Å². The monoisotopic (exact) mass is 183 g/mol. The van der Waals surface area contributed by atoms with Crippen molar-refractivity contribution in [2.45, 2.75) is 51.9 Å². The van der Waals surface area contributed by atoms with Crippen molar-refractivity contribution in [2.24, 2.45) is 0 Å². The molecule has 0 bridgehead atoms. The second-order valence-corrected chi connectivity index (χ2v) is 3.90. The summed E-state index contributed by atoms with van der Waals surface area (Å²) < 4.78 is 0. The van der Waals surface area contributed by atoms with Gasteiger partial charge in [-0.1, -0.05) is 45.1 Å². The molecule has 0 aromatic carbocycles. The zero-order valence-corrected chi connectivity index (χ0v) is 9.55. The maximum Gasteiger partial charge on any atom is 0.00555 e. The quantitative estimate of drug-likeness (QED) is 0.517. The standard InChI is InChI=1S/C12H25N/c1-4-5-6-7-8-9-10-11-12-13(2)3/h11-12H,4-10H2,1-3H3. The van der Waals surface area contributed by atoms with Gasteiger partial charge in [0.15, 0.2) is 0 Å². The summed E-state index contributed by atoms with van der Waals surface area (Å²) in [4.78, 5) is 2.09.